The fourth-order valence-corrected chi connectivity index (χ4v) is 5.51. The number of aliphatic hydroxyl groups excluding tert-OH is 1. The Morgan fingerprint density at radius 1 is 1.21 bits per heavy atom. The van der Waals surface area contributed by atoms with Crippen LogP contribution in [-0.4, -0.2) is 60.5 Å². The molecule has 0 bridgehead atoms. The summed E-state index contributed by atoms with van der Waals surface area (Å²) in [6.45, 7) is 3.86. The number of aromatic nitrogens is 1. The number of carbonyl (C=O) groups is 2. The van der Waals surface area contributed by atoms with Crippen LogP contribution in [0.1, 0.15) is 53.0 Å². The maximum Gasteiger partial charge on any atom is 0.355 e. The number of aliphatic hydroxyl groups is 1. The molecular formula is C28H31ClN2O7S. The van der Waals surface area contributed by atoms with Gasteiger partial charge in [-0.25, -0.2) is 9.78 Å². The van der Waals surface area contributed by atoms with Crippen molar-refractivity contribution in [2.75, 3.05) is 32.3 Å². The Morgan fingerprint density at radius 2 is 1.97 bits per heavy atom. The van der Waals surface area contributed by atoms with Crippen molar-refractivity contribution in [1.29, 1.82) is 0 Å². The second kappa shape index (κ2) is 11.9. The molecule has 0 fully saturated rings. The molecule has 9 nitrogen and oxygen atoms in total. The standard InChI is InChI=1S/C28H31ClN2O7S/c1-28(2,15-32)14-31-20-9-8-16(29)12-18(20)24(17-6-5-7-21(36-3)25(17)37-4)38-22(26(31)33)10-11-23-30-19(13-39-23)27(34)35/h5-9,12-13,22,24,32H,10-11,14-15H2,1-4H3,(H,34,35)/t22-,24-/m1/s1. The van der Waals surface area contributed by atoms with E-state index < -0.39 is 23.6 Å². The number of nitrogens with zero attached hydrogens (tertiary/aromatic N) is 2. The van der Waals surface area contributed by atoms with E-state index in [9.17, 15) is 19.8 Å². The van der Waals surface area contributed by atoms with Gasteiger partial charge in [-0.2, -0.15) is 0 Å². The van der Waals surface area contributed by atoms with Crippen LogP contribution < -0.4 is 14.4 Å². The average Bonchev–Trinajstić information content (AvgIpc) is 3.37. The third-order valence-electron chi connectivity index (χ3n) is 6.53. The third kappa shape index (κ3) is 6.19. The van der Waals surface area contributed by atoms with Gasteiger partial charge in [-0.1, -0.05) is 37.6 Å². The molecule has 1 amide bonds. The van der Waals surface area contributed by atoms with Gasteiger partial charge in [0.2, 0.25) is 0 Å². The summed E-state index contributed by atoms with van der Waals surface area (Å²) in [6.07, 6.45) is -1.06. The van der Waals surface area contributed by atoms with Crippen LogP contribution in [0.15, 0.2) is 41.8 Å². The number of anilines is 1. The summed E-state index contributed by atoms with van der Waals surface area (Å²) in [5, 5.41) is 21.8. The molecule has 0 saturated carbocycles. The van der Waals surface area contributed by atoms with E-state index in [2.05, 4.69) is 4.98 Å². The van der Waals surface area contributed by atoms with E-state index in [1.165, 1.54) is 23.8 Å². The molecule has 2 atom stereocenters. The van der Waals surface area contributed by atoms with Crippen molar-refractivity contribution < 1.29 is 34.0 Å². The predicted octanol–water partition coefficient (Wildman–Crippen LogP) is 4.98. The van der Waals surface area contributed by atoms with Crippen molar-refractivity contribution in [3.8, 4) is 11.5 Å². The van der Waals surface area contributed by atoms with Gasteiger partial charge < -0.3 is 29.3 Å². The number of benzene rings is 2. The molecule has 0 radical (unpaired) electrons. The number of carbonyl (C=O) groups excluding carboxylic acids is 1. The predicted molar refractivity (Wildman–Crippen MR) is 148 cm³/mol. The van der Waals surface area contributed by atoms with Crippen molar-refractivity contribution >= 4 is 40.5 Å². The van der Waals surface area contributed by atoms with Crippen LogP contribution in [-0.2, 0) is 16.0 Å². The van der Waals surface area contributed by atoms with E-state index in [-0.39, 0.29) is 31.2 Å². The van der Waals surface area contributed by atoms with Crippen LogP contribution in [0.3, 0.4) is 0 Å². The maximum absolute atomic E-state index is 14.1. The van der Waals surface area contributed by atoms with E-state index >= 15 is 0 Å². The van der Waals surface area contributed by atoms with Crippen molar-refractivity contribution in [3.63, 3.8) is 0 Å². The van der Waals surface area contributed by atoms with Gasteiger partial charge in [-0.3, -0.25) is 4.79 Å². The van der Waals surface area contributed by atoms with Gasteiger partial charge in [0.25, 0.3) is 5.91 Å². The zero-order valence-corrected chi connectivity index (χ0v) is 23.7. The number of aryl methyl sites for hydroxylation is 1. The summed E-state index contributed by atoms with van der Waals surface area (Å²) in [7, 11) is 3.09. The zero-order valence-electron chi connectivity index (χ0n) is 22.1. The number of halogens is 1. The first-order chi connectivity index (χ1) is 18.6. The van der Waals surface area contributed by atoms with Crippen molar-refractivity contribution in [3.05, 3.63) is 68.6 Å². The molecule has 208 valence electrons. The lowest BCUT2D eigenvalue weighted by Gasteiger charge is -2.32. The monoisotopic (exact) mass is 574 g/mol. The Balaban J connectivity index is 1.83. The fraction of sp³-hybridized carbons (Fsp3) is 0.393. The third-order valence-corrected chi connectivity index (χ3v) is 7.67. The molecule has 11 heteroatoms. The lowest BCUT2D eigenvalue weighted by atomic mass is 9.92. The molecule has 1 aliphatic heterocycles. The number of para-hydroxylation sites is 1. The molecule has 2 heterocycles. The Bertz CT molecular complexity index is 1360. The minimum Gasteiger partial charge on any atom is -0.493 e. The number of amides is 1. The Kier molecular flexibility index (Phi) is 8.80. The number of hydrogen-bond acceptors (Lipinski definition) is 8. The van der Waals surface area contributed by atoms with Crippen LogP contribution in [0.2, 0.25) is 5.02 Å². The molecule has 2 N–H and O–H groups in total. The number of ether oxygens (including phenoxy) is 3. The molecule has 1 aromatic heterocycles. The number of carboxylic acids is 1. The summed E-state index contributed by atoms with van der Waals surface area (Å²) >= 11 is 7.68. The average molecular weight is 575 g/mol. The minimum atomic E-state index is -1.10. The van der Waals surface area contributed by atoms with Crippen LogP contribution in [0.5, 0.6) is 11.5 Å². The molecule has 1 aliphatic rings. The first kappa shape index (κ1) is 28.8. The van der Waals surface area contributed by atoms with Crippen LogP contribution in [0.25, 0.3) is 0 Å². The molecule has 4 rings (SSSR count). The fourth-order valence-electron chi connectivity index (χ4n) is 4.54. The van der Waals surface area contributed by atoms with Gasteiger partial charge in [0, 0.05) is 52.2 Å². The quantitative estimate of drug-likeness (QED) is 0.348. The highest BCUT2D eigenvalue weighted by atomic mass is 35.5. The minimum absolute atomic E-state index is 0.0320. The van der Waals surface area contributed by atoms with Gasteiger partial charge >= 0.3 is 5.97 Å². The van der Waals surface area contributed by atoms with Crippen molar-refractivity contribution in [1.82, 2.24) is 4.98 Å². The normalized spacial score (nSPS) is 17.5. The SMILES string of the molecule is COc1cccc([C@H]2O[C@H](CCc3nc(C(=O)O)cs3)C(=O)N(CC(C)(C)CO)c3ccc(Cl)cc32)c1OC. The summed E-state index contributed by atoms with van der Waals surface area (Å²) in [5.74, 6) is -0.400. The molecule has 0 spiro atoms. The van der Waals surface area contributed by atoms with Gasteiger partial charge in [-0.15, -0.1) is 11.3 Å². The number of aromatic carboxylic acids is 1. The molecule has 0 aliphatic carbocycles. The van der Waals surface area contributed by atoms with E-state index in [1.807, 2.05) is 26.0 Å². The first-order valence-corrected chi connectivity index (χ1v) is 13.6. The smallest absolute Gasteiger partial charge is 0.355 e. The number of fused-ring (bicyclic) bond motifs is 1. The highest BCUT2D eigenvalue weighted by molar-refractivity contribution is 7.09. The van der Waals surface area contributed by atoms with Gasteiger partial charge in [0.05, 0.1) is 19.2 Å². The molecule has 39 heavy (non-hydrogen) atoms. The topological polar surface area (TPSA) is 118 Å². The summed E-state index contributed by atoms with van der Waals surface area (Å²) in [4.78, 5) is 31.2. The van der Waals surface area contributed by atoms with E-state index in [0.29, 0.717) is 44.8 Å². The van der Waals surface area contributed by atoms with Crippen molar-refractivity contribution in [2.45, 2.75) is 38.9 Å². The molecule has 0 unspecified atom stereocenters. The second-order valence-electron chi connectivity index (χ2n) is 10.0. The van der Waals surface area contributed by atoms with Crippen molar-refractivity contribution in [2.24, 2.45) is 5.41 Å². The largest absolute Gasteiger partial charge is 0.493 e. The number of carboxylic acid groups (broad SMARTS) is 1. The maximum atomic E-state index is 14.1. The molecular weight excluding hydrogens is 544 g/mol. The lowest BCUT2D eigenvalue weighted by molar-refractivity contribution is -0.132. The van der Waals surface area contributed by atoms with Crippen LogP contribution >= 0.6 is 22.9 Å². The zero-order chi connectivity index (χ0) is 28.3. The van der Waals surface area contributed by atoms with Gasteiger partial charge in [0.15, 0.2) is 17.2 Å². The number of rotatable bonds is 10. The molecule has 0 saturated heterocycles. The first-order valence-electron chi connectivity index (χ1n) is 12.3. The van der Waals surface area contributed by atoms with Crippen LogP contribution in [0.4, 0.5) is 5.69 Å². The summed E-state index contributed by atoms with van der Waals surface area (Å²) in [5.41, 5.74) is 1.31. The Morgan fingerprint density at radius 3 is 2.62 bits per heavy atom. The highest BCUT2D eigenvalue weighted by Crippen LogP contribution is 2.45. The Labute approximate surface area is 235 Å². The van der Waals surface area contributed by atoms with Gasteiger partial charge in [-0.05, 0) is 30.7 Å². The summed E-state index contributed by atoms with van der Waals surface area (Å²) < 4.78 is 17.8. The van der Waals surface area contributed by atoms with E-state index in [4.69, 9.17) is 25.8 Å². The number of hydrogen-bond donors (Lipinski definition) is 2. The summed E-state index contributed by atoms with van der Waals surface area (Å²) in [6, 6.07) is 10.7. The van der Waals surface area contributed by atoms with Crippen LogP contribution in [0, 0.1) is 5.41 Å². The number of thiazole rings is 1. The van der Waals surface area contributed by atoms with Gasteiger partial charge in [0.1, 0.15) is 12.2 Å². The molecule has 3 aromatic rings. The molecule has 2 aromatic carbocycles. The lowest BCUT2D eigenvalue weighted by Crippen LogP contribution is -2.45. The second-order valence-corrected chi connectivity index (χ2v) is 11.4. The van der Waals surface area contributed by atoms with E-state index in [0.717, 1.165) is 0 Å². The van der Waals surface area contributed by atoms with E-state index in [1.54, 1.807) is 36.3 Å². The number of methoxy groups -OCH3 is 2. The highest BCUT2D eigenvalue weighted by Gasteiger charge is 2.39. The Hall–Kier alpha value is -3.18.